The highest BCUT2D eigenvalue weighted by molar-refractivity contribution is 6.19. The molecule has 1 aromatic heterocycles. The number of hydrogen-bond acceptors (Lipinski definition) is 5. The number of imide groups is 1. The summed E-state index contributed by atoms with van der Waals surface area (Å²) in [6, 6.07) is 14.5. The molecule has 0 aliphatic carbocycles. The molecule has 7 heteroatoms. The number of nitrogens with zero attached hydrogens (tertiary/aromatic N) is 5. The molecule has 0 spiro atoms. The number of rotatable bonds is 3. The molecule has 3 amide bonds. The van der Waals surface area contributed by atoms with Gasteiger partial charge < -0.3 is 9.80 Å². The molecule has 0 N–H and O–H groups in total. The van der Waals surface area contributed by atoms with Crippen molar-refractivity contribution in [1.82, 2.24) is 9.88 Å². The summed E-state index contributed by atoms with van der Waals surface area (Å²) in [6.45, 7) is 1.69. The lowest BCUT2D eigenvalue weighted by Crippen LogP contribution is -2.46. The zero-order valence-electron chi connectivity index (χ0n) is 14.8. The second kappa shape index (κ2) is 7.08. The van der Waals surface area contributed by atoms with E-state index in [0.717, 1.165) is 31.6 Å². The topological polar surface area (TPSA) is 80.5 Å². The predicted octanol–water partition coefficient (Wildman–Crippen LogP) is 2.39. The van der Waals surface area contributed by atoms with Gasteiger partial charge in [0.15, 0.2) is 0 Å². The largest absolute Gasteiger partial charge is 0.370 e. The van der Waals surface area contributed by atoms with Gasteiger partial charge in [-0.15, -0.1) is 0 Å². The van der Waals surface area contributed by atoms with E-state index in [1.165, 1.54) is 4.90 Å². The number of hydrogen-bond donors (Lipinski definition) is 0. The number of anilines is 2. The molecule has 0 saturated carbocycles. The van der Waals surface area contributed by atoms with Crippen LogP contribution in [-0.4, -0.2) is 47.5 Å². The third kappa shape index (κ3) is 3.22. The van der Waals surface area contributed by atoms with Crippen LogP contribution in [0.15, 0.2) is 48.7 Å². The second-order valence-corrected chi connectivity index (χ2v) is 6.71. The number of pyridine rings is 1. The van der Waals surface area contributed by atoms with E-state index in [9.17, 15) is 9.59 Å². The Balaban J connectivity index is 1.42. The van der Waals surface area contributed by atoms with Gasteiger partial charge >= 0.3 is 6.03 Å². The number of benzene rings is 1. The van der Waals surface area contributed by atoms with Gasteiger partial charge in [-0.05, 0) is 37.1 Å². The van der Waals surface area contributed by atoms with Crippen molar-refractivity contribution in [3.8, 4) is 6.07 Å². The molecule has 2 aliphatic heterocycles. The van der Waals surface area contributed by atoms with Gasteiger partial charge in [0.05, 0.1) is 17.6 Å². The van der Waals surface area contributed by atoms with E-state index in [2.05, 4.69) is 9.88 Å². The van der Waals surface area contributed by atoms with Crippen molar-refractivity contribution in [2.75, 3.05) is 29.4 Å². The third-order valence-corrected chi connectivity index (χ3v) is 5.14. The predicted molar refractivity (Wildman–Crippen MR) is 100 cm³/mol. The summed E-state index contributed by atoms with van der Waals surface area (Å²) in [7, 11) is 0. The fourth-order valence-electron chi connectivity index (χ4n) is 3.71. The molecule has 3 heterocycles. The van der Waals surface area contributed by atoms with Crippen LogP contribution in [0.4, 0.5) is 16.2 Å². The van der Waals surface area contributed by atoms with E-state index in [1.807, 2.05) is 30.3 Å². The highest BCUT2D eigenvalue weighted by Crippen LogP contribution is 2.27. The van der Waals surface area contributed by atoms with Gasteiger partial charge in [-0.3, -0.25) is 4.79 Å². The molecule has 136 valence electrons. The van der Waals surface area contributed by atoms with Gasteiger partial charge in [0, 0.05) is 19.1 Å². The Kier molecular flexibility index (Phi) is 4.47. The van der Waals surface area contributed by atoms with Crippen LogP contribution in [0.5, 0.6) is 0 Å². The van der Waals surface area contributed by atoms with Crippen molar-refractivity contribution < 1.29 is 9.59 Å². The Morgan fingerprint density at radius 1 is 1.00 bits per heavy atom. The number of para-hydroxylation sites is 1. The van der Waals surface area contributed by atoms with E-state index in [4.69, 9.17) is 5.26 Å². The van der Waals surface area contributed by atoms with Crippen molar-refractivity contribution in [3.63, 3.8) is 0 Å². The number of nitriles is 1. The standard InChI is InChI=1S/C20H19N5O2/c21-12-15-6-7-18(13-22-15)23-10-8-16(9-11-23)24-14-19(26)25(20(24)27)17-4-2-1-3-5-17/h1-7,13,16H,8-11,14H2. The summed E-state index contributed by atoms with van der Waals surface area (Å²) in [5.41, 5.74) is 1.99. The number of carbonyl (C=O) groups is 2. The Hall–Kier alpha value is -3.40. The zero-order valence-corrected chi connectivity index (χ0v) is 14.8. The molecular formula is C20H19N5O2. The fourth-order valence-corrected chi connectivity index (χ4v) is 3.71. The summed E-state index contributed by atoms with van der Waals surface area (Å²) in [5.74, 6) is -0.176. The van der Waals surface area contributed by atoms with E-state index in [0.29, 0.717) is 11.4 Å². The lowest BCUT2D eigenvalue weighted by atomic mass is 10.0. The minimum absolute atomic E-state index is 0.0535. The lowest BCUT2D eigenvalue weighted by molar-refractivity contribution is -0.116. The summed E-state index contributed by atoms with van der Waals surface area (Å²) >= 11 is 0. The summed E-state index contributed by atoms with van der Waals surface area (Å²) < 4.78 is 0. The molecule has 1 aromatic carbocycles. The molecule has 4 rings (SSSR count). The SMILES string of the molecule is N#Cc1ccc(N2CCC(N3CC(=O)N(c4ccccc4)C3=O)CC2)cn1. The normalized spacial score (nSPS) is 18.1. The molecule has 7 nitrogen and oxygen atoms in total. The number of urea groups is 1. The van der Waals surface area contributed by atoms with Crippen molar-refractivity contribution in [3.05, 3.63) is 54.4 Å². The van der Waals surface area contributed by atoms with Crippen LogP contribution in [0.3, 0.4) is 0 Å². The lowest BCUT2D eigenvalue weighted by Gasteiger charge is -2.37. The van der Waals surface area contributed by atoms with Crippen LogP contribution >= 0.6 is 0 Å². The molecule has 0 bridgehead atoms. The molecular weight excluding hydrogens is 342 g/mol. The first-order chi connectivity index (χ1) is 13.2. The summed E-state index contributed by atoms with van der Waals surface area (Å²) in [5, 5.41) is 8.85. The Labute approximate surface area is 157 Å². The van der Waals surface area contributed by atoms with Gasteiger partial charge in [-0.2, -0.15) is 5.26 Å². The van der Waals surface area contributed by atoms with E-state index in [1.54, 1.807) is 29.3 Å². The average molecular weight is 361 g/mol. The molecule has 2 aromatic rings. The van der Waals surface area contributed by atoms with Crippen molar-refractivity contribution in [2.45, 2.75) is 18.9 Å². The van der Waals surface area contributed by atoms with Crippen molar-refractivity contribution in [2.24, 2.45) is 0 Å². The molecule has 27 heavy (non-hydrogen) atoms. The number of piperidine rings is 1. The van der Waals surface area contributed by atoms with Crippen LogP contribution in [0.2, 0.25) is 0 Å². The van der Waals surface area contributed by atoms with Crippen LogP contribution in [0, 0.1) is 11.3 Å². The average Bonchev–Trinajstić information content (AvgIpc) is 3.03. The molecule has 2 saturated heterocycles. The van der Waals surface area contributed by atoms with E-state index < -0.39 is 0 Å². The molecule has 0 atom stereocenters. The van der Waals surface area contributed by atoms with Crippen LogP contribution in [-0.2, 0) is 4.79 Å². The van der Waals surface area contributed by atoms with E-state index in [-0.39, 0.29) is 24.5 Å². The van der Waals surface area contributed by atoms with E-state index >= 15 is 0 Å². The first-order valence-electron chi connectivity index (χ1n) is 8.97. The number of carbonyl (C=O) groups excluding carboxylic acids is 2. The quantitative estimate of drug-likeness (QED) is 0.784. The number of amides is 3. The van der Waals surface area contributed by atoms with Crippen LogP contribution < -0.4 is 9.80 Å². The van der Waals surface area contributed by atoms with Gasteiger partial charge in [-0.1, -0.05) is 18.2 Å². The molecule has 2 fully saturated rings. The first-order valence-corrected chi connectivity index (χ1v) is 8.97. The molecule has 0 unspecified atom stereocenters. The Bertz CT molecular complexity index is 883. The summed E-state index contributed by atoms with van der Waals surface area (Å²) in [6.07, 6.45) is 3.30. The molecule has 2 aliphatic rings. The Morgan fingerprint density at radius 2 is 1.74 bits per heavy atom. The zero-order chi connectivity index (χ0) is 18.8. The van der Waals surface area contributed by atoms with Crippen molar-refractivity contribution >= 4 is 23.3 Å². The van der Waals surface area contributed by atoms with Gasteiger partial charge in [0.25, 0.3) is 5.91 Å². The highest BCUT2D eigenvalue weighted by atomic mass is 16.2. The second-order valence-electron chi connectivity index (χ2n) is 6.71. The van der Waals surface area contributed by atoms with Crippen molar-refractivity contribution in [1.29, 1.82) is 5.26 Å². The maximum Gasteiger partial charge on any atom is 0.332 e. The van der Waals surface area contributed by atoms with Crippen LogP contribution in [0.25, 0.3) is 0 Å². The highest BCUT2D eigenvalue weighted by Gasteiger charge is 2.41. The van der Waals surface area contributed by atoms with Crippen LogP contribution in [0.1, 0.15) is 18.5 Å². The first kappa shape index (κ1) is 17.0. The van der Waals surface area contributed by atoms with Gasteiger partial charge in [0.1, 0.15) is 18.3 Å². The maximum atomic E-state index is 12.8. The fraction of sp³-hybridized carbons (Fsp3) is 0.300. The monoisotopic (exact) mass is 361 g/mol. The Morgan fingerprint density at radius 3 is 2.37 bits per heavy atom. The minimum Gasteiger partial charge on any atom is -0.370 e. The maximum absolute atomic E-state index is 12.8. The number of aromatic nitrogens is 1. The smallest absolute Gasteiger partial charge is 0.332 e. The molecule has 0 radical (unpaired) electrons. The third-order valence-electron chi connectivity index (χ3n) is 5.14. The summed E-state index contributed by atoms with van der Waals surface area (Å²) in [4.78, 5) is 34.5. The van der Waals surface area contributed by atoms with Gasteiger partial charge in [0.2, 0.25) is 0 Å². The van der Waals surface area contributed by atoms with Gasteiger partial charge in [-0.25, -0.2) is 14.7 Å². The minimum atomic E-state index is -0.232.